The second-order valence-electron chi connectivity index (χ2n) is 4.64. The number of thiophene rings is 1. The highest BCUT2D eigenvalue weighted by molar-refractivity contribution is 7.11. The van der Waals surface area contributed by atoms with Crippen molar-refractivity contribution in [3.63, 3.8) is 0 Å². The molecule has 1 atom stereocenters. The van der Waals surface area contributed by atoms with Gasteiger partial charge in [0, 0.05) is 16.3 Å². The van der Waals surface area contributed by atoms with Gasteiger partial charge in [-0.1, -0.05) is 37.3 Å². The third-order valence-electron chi connectivity index (χ3n) is 3.26. The van der Waals surface area contributed by atoms with E-state index in [0.717, 1.165) is 12.0 Å². The molecule has 1 heterocycles. The first-order valence-electron chi connectivity index (χ1n) is 6.85. The van der Waals surface area contributed by atoms with Crippen LogP contribution in [0.5, 0.6) is 0 Å². The van der Waals surface area contributed by atoms with Crippen LogP contribution in [0.2, 0.25) is 0 Å². The zero-order chi connectivity index (χ0) is 14.4. The summed E-state index contributed by atoms with van der Waals surface area (Å²) in [6.45, 7) is 3.03. The van der Waals surface area contributed by atoms with Gasteiger partial charge < -0.3 is 11.1 Å². The summed E-state index contributed by atoms with van der Waals surface area (Å²) in [6.07, 6.45) is 1.04. The lowest BCUT2D eigenvalue weighted by Gasteiger charge is -2.14. The van der Waals surface area contributed by atoms with E-state index in [4.69, 9.17) is 5.73 Å². The van der Waals surface area contributed by atoms with Crippen LogP contribution in [0.1, 0.15) is 28.2 Å². The molecule has 0 radical (unpaired) electrons. The maximum Gasteiger partial charge on any atom is 0.229 e. The van der Waals surface area contributed by atoms with E-state index in [9.17, 15) is 4.79 Å². The molecule has 2 aromatic rings. The molecule has 0 aliphatic rings. The van der Waals surface area contributed by atoms with Crippen LogP contribution in [0.4, 0.5) is 0 Å². The number of carbonyl (C=O) groups is 1. The van der Waals surface area contributed by atoms with Crippen molar-refractivity contribution < 1.29 is 4.79 Å². The summed E-state index contributed by atoms with van der Waals surface area (Å²) in [5.41, 5.74) is 6.71. The molecule has 1 aromatic heterocycles. The number of hydrogen-bond acceptors (Lipinski definition) is 3. The molecule has 3 N–H and O–H groups in total. The number of benzene rings is 1. The molecule has 0 aliphatic carbocycles. The number of halogens is 1. The Kier molecular flexibility index (Phi) is 7.43. The maximum atomic E-state index is 12.2. The van der Waals surface area contributed by atoms with E-state index < -0.39 is 0 Å². The van der Waals surface area contributed by atoms with E-state index in [0.29, 0.717) is 13.1 Å². The molecule has 21 heavy (non-hydrogen) atoms. The first-order valence-corrected chi connectivity index (χ1v) is 7.66. The van der Waals surface area contributed by atoms with E-state index in [-0.39, 0.29) is 24.2 Å². The molecule has 2 rings (SSSR count). The number of rotatable bonds is 6. The molecule has 1 aromatic carbocycles. The van der Waals surface area contributed by atoms with E-state index >= 15 is 0 Å². The Labute approximate surface area is 136 Å². The number of carbonyl (C=O) groups excluding carboxylic acids is 1. The lowest BCUT2D eigenvalue weighted by molar-refractivity contribution is -0.122. The van der Waals surface area contributed by atoms with Crippen LogP contribution in [0, 0.1) is 0 Å². The molecular formula is C16H21ClN2OS. The van der Waals surface area contributed by atoms with Crippen molar-refractivity contribution in [3.8, 4) is 0 Å². The van der Waals surface area contributed by atoms with Crippen molar-refractivity contribution in [2.24, 2.45) is 5.73 Å². The van der Waals surface area contributed by atoms with Gasteiger partial charge in [0.05, 0.1) is 12.5 Å². The Morgan fingerprint density at radius 3 is 2.43 bits per heavy atom. The lowest BCUT2D eigenvalue weighted by atomic mass is 9.98. The molecule has 0 saturated carbocycles. The third-order valence-corrected chi connectivity index (χ3v) is 4.49. The molecule has 0 fully saturated rings. The quantitative estimate of drug-likeness (QED) is 0.858. The van der Waals surface area contributed by atoms with E-state index in [1.54, 1.807) is 11.3 Å². The summed E-state index contributed by atoms with van der Waals surface area (Å²) in [4.78, 5) is 14.8. The predicted octanol–water partition coefficient (Wildman–Crippen LogP) is 3.09. The van der Waals surface area contributed by atoms with Gasteiger partial charge in [0.2, 0.25) is 5.91 Å². The van der Waals surface area contributed by atoms with Crippen molar-refractivity contribution in [2.45, 2.75) is 25.8 Å². The van der Waals surface area contributed by atoms with E-state index in [1.807, 2.05) is 30.3 Å². The number of amides is 1. The van der Waals surface area contributed by atoms with Crippen LogP contribution in [0.25, 0.3) is 0 Å². The van der Waals surface area contributed by atoms with Crippen LogP contribution in [-0.4, -0.2) is 12.5 Å². The third kappa shape index (κ3) is 4.84. The van der Waals surface area contributed by atoms with Gasteiger partial charge >= 0.3 is 0 Å². The maximum absolute atomic E-state index is 12.2. The molecule has 1 amide bonds. The van der Waals surface area contributed by atoms with Gasteiger partial charge in [0.25, 0.3) is 0 Å². The summed E-state index contributed by atoms with van der Waals surface area (Å²) < 4.78 is 0. The Morgan fingerprint density at radius 2 is 1.86 bits per heavy atom. The summed E-state index contributed by atoms with van der Waals surface area (Å²) in [5, 5.41) is 2.98. The van der Waals surface area contributed by atoms with Gasteiger partial charge in [-0.15, -0.1) is 23.7 Å². The highest BCUT2D eigenvalue weighted by atomic mass is 35.5. The monoisotopic (exact) mass is 324 g/mol. The molecule has 114 valence electrons. The minimum absolute atomic E-state index is 0. The van der Waals surface area contributed by atoms with E-state index in [1.165, 1.54) is 9.75 Å². The average molecular weight is 325 g/mol. The number of nitrogens with one attached hydrogen (secondary N) is 1. The molecule has 5 heteroatoms. The minimum atomic E-state index is -0.276. The number of nitrogens with two attached hydrogens (primary N) is 1. The summed E-state index contributed by atoms with van der Waals surface area (Å²) in [5.74, 6) is -0.285. The zero-order valence-corrected chi connectivity index (χ0v) is 13.7. The predicted molar refractivity (Wildman–Crippen MR) is 91.0 cm³/mol. The van der Waals surface area contributed by atoms with Gasteiger partial charge in [-0.2, -0.15) is 0 Å². The largest absolute Gasteiger partial charge is 0.351 e. The van der Waals surface area contributed by atoms with Crippen molar-refractivity contribution in [3.05, 3.63) is 57.8 Å². The van der Waals surface area contributed by atoms with Crippen molar-refractivity contribution in [2.75, 3.05) is 6.54 Å². The fourth-order valence-corrected chi connectivity index (χ4v) is 2.98. The van der Waals surface area contributed by atoms with Crippen LogP contribution in [0.15, 0.2) is 42.5 Å². The standard InChI is InChI=1S/C16H20N2OS.ClH/c1-2-13-8-9-14(20-13)11-18-16(19)15(10-17)12-6-4-3-5-7-12;/h3-9,15H,2,10-11,17H2,1H3,(H,18,19);1H. The highest BCUT2D eigenvalue weighted by Gasteiger charge is 2.18. The Morgan fingerprint density at radius 1 is 1.19 bits per heavy atom. The molecule has 0 spiro atoms. The van der Waals surface area contributed by atoms with Crippen LogP contribution in [-0.2, 0) is 17.8 Å². The van der Waals surface area contributed by atoms with Crippen molar-refractivity contribution in [1.82, 2.24) is 5.32 Å². The van der Waals surface area contributed by atoms with Crippen molar-refractivity contribution >= 4 is 29.7 Å². The number of aryl methyl sites for hydroxylation is 1. The zero-order valence-electron chi connectivity index (χ0n) is 12.0. The second-order valence-corrected chi connectivity index (χ2v) is 5.89. The average Bonchev–Trinajstić information content (AvgIpc) is 2.95. The molecule has 0 bridgehead atoms. The van der Waals surface area contributed by atoms with Crippen LogP contribution >= 0.6 is 23.7 Å². The van der Waals surface area contributed by atoms with Crippen LogP contribution < -0.4 is 11.1 Å². The minimum Gasteiger partial charge on any atom is -0.351 e. The van der Waals surface area contributed by atoms with Gasteiger partial charge in [0.15, 0.2) is 0 Å². The topological polar surface area (TPSA) is 55.1 Å². The normalized spacial score (nSPS) is 11.5. The Bertz CT molecular complexity index is 556. The van der Waals surface area contributed by atoms with Gasteiger partial charge in [-0.05, 0) is 24.1 Å². The van der Waals surface area contributed by atoms with Gasteiger partial charge in [0.1, 0.15) is 0 Å². The molecule has 0 saturated heterocycles. The fraction of sp³-hybridized carbons (Fsp3) is 0.312. The fourth-order valence-electron chi connectivity index (χ4n) is 2.08. The molecule has 3 nitrogen and oxygen atoms in total. The summed E-state index contributed by atoms with van der Waals surface area (Å²) in [7, 11) is 0. The Balaban J connectivity index is 0.00000220. The SMILES string of the molecule is CCc1ccc(CNC(=O)C(CN)c2ccccc2)s1.Cl. The molecular weight excluding hydrogens is 304 g/mol. The lowest BCUT2D eigenvalue weighted by Crippen LogP contribution is -2.32. The van der Waals surface area contributed by atoms with Crippen LogP contribution in [0.3, 0.4) is 0 Å². The molecule has 1 unspecified atom stereocenters. The highest BCUT2D eigenvalue weighted by Crippen LogP contribution is 2.18. The smallest absolute Gasteiger partial charge is 0.229 e. The molecule has 0 aliphatic heterocycles. The number of hydrogen-bond donors (Lipinski definition) is 2. The summed E-state index contributed by atoms with van der Waals surface area (Å²) in [6, 6.07) is 13.9. The van der Waals surface area contributed by atoms with Gasteiger partial charge in [-0.3, -0.25) is 4.79 Å². The first-order chi connectivity index (χ1) is 9.74. The van der Waals surface area contributed by atoms with E-state index in [2.05, 4.69) is 24.4 Å². The second kappa shape index (κ2) is 8.82. The van der Waals surface area contributed by atoms with Gasteiger partial charge in [-0.25, -0.2) is 0 Å². The Hall–Kier alpha value is -1.36. The summed E-state index contributed by atoms with van der Waals surface area (Å²) >= 11 is 1.74. The van der Waals surface area contributed by atoms with Crippen molar-refractivity contribution in [1.29, 1.82) is 0 Å². The first kappa shape index (κ1) is 17.7.